The summed E-state index contributed by atoms with van der Waals surface area (Å²) in [6, 6.07) is 9.83. The molecule has 0 saturated heterocycles. The van der Waals surface area contributed by atoms with E-state index in [1.54, 1.807) is 12.1 Å². The number of fused-ring (bicyclic) bond motifs is 1. The standard InChI is InChI=1S/C21H15ClF2N4O3S/c22-11-3-1-10(2-4-11)9-32-21-27-18-17(20(31)28-21)13(8-16(29)26-18)19(30)25-15-6-5-12(23)7-14(15)24/h1-7,13H,8-9H2,(H,25,30)(H2,26,27,28,29,31). The summed E-state index contributed by atoms with van der Waals surface area (Å²) in [6.45, 7) is 0. The second-order valence-electron chi connectivity index (χ2n) is 6.97. The highest BCUT2D eigenvalue weighted by molar-refractivity contribution is 7.98. The third-order valence-electron chi connectivity index (χ3n) is 4.72. The first-order chi connectivity index (χ1) is 15.3. The Hall–Kier alpha value is -3.24. The molecular formula is C21H15ClF2N4O3S. The molecule has 7 nitrogen and oxygen atoms in total. The summed E-state index contributed by atoms with van der Waals surface area (Å²) < 4.78 is 27.0. The van der Waals surface area contributed by atoms with Gasteiger partial charge in [0.1, 0.15) is 17.5 Å². The number of H-pyrrole nitrogens is 1. The van der Waals surface area contributed by atoms with Gasteiger partial charge in [-0.2, -0.15) is 0 Å². The van der Waals surface area contributed by atoms with E-state index in [1.165, 1.54) is 11.8 Å². The van der Waals surface area contributed by atoms with Gasteiger partial charge in [-0.15, -0.1) is 0 Å². The van der Waals surface area contributed by atoms with Gasteiger partial charge in [0.05, 0.1) is 17.2 Å². The first-order valence-electron chi connectivity index (χ1n) is 9.37. The van der Waals surface area contributed by atoms with E-state index in [-0.39, 0.29) is 28.6 Å². The Labute approximate surface area is 189 Å². The van der Waals surface area contributed by atoms with E-state index >= 15 is 0 Å². The molecule has 0 radical (unpaired) electrons. The van der Waals surface area contributed by atoms with Gasteiger partial charge in [-0.1, -0.05) is 35.5 Å². The van der Waals surface area contributed by atoms with Gasteiger partial charge in [-0.25, -0.2) is 13.8 Å². The lowest BCUT2D eigenvalue weighted by Crippen LogP contribution is -2.36. The van der Waals surface area contributed by atoms with Crippen LogP contribution >= 0.6 is 23.4 Å². The average molecular weight is 477 g/mol. The van der Waals surface area contributed by atoms with E-state index in [9.17, 15) is 23.2 Å². The van der Waals surface area contributed by atoms with Crippen LogP contribution in [0.1, 0.15) is 23.5 Å². The van der Waals surface area contributed by atoms with Crippen molar-refractivity contribution in [2.75, 3.05) is 10.6 Å². The molecule has 3 aromatic rings. The van der Waals surface area contributed by atoms with Crippen molar-refractivity contribution in [3.63, 3.8) is 0 Å². The Balaban J connectivity index is 1.57. The number of halogens is 3. The highest BCUT2D eigenvalue weighted by Crippen LogP contribution is 2.31. The molecule has 1 aliphatic heterocycles. The lowest BCUT2D eigenvalue weighted by Gasteiger charge is -2.23. The third-order valence-corrected chi connectivity index (χ3v) is 5.92. The van der Waals surface area contributed by atoms with Crippen molar-refractivity contribution in [2.45, 2.75) is 23.2 Å². The van der Waals surface area contributed by atoms with Crippen molar-refractivity contribution in [2.24, 2.45) is 0 Å². The van der Waals surface area contributed by atoms with Crippen molar-refractivity contribution in [3.05, 3.63) is 80.6 Å². The number of benzene rings is 2. The molecule has 1 aromatic heterocycles. The number of nitrogens with one attached hydrogen (secondary N) is 3. The summed E-state index contributed by atoms with van der Waals surface area (Å²) in [5.74, 6) is -3.78. The highest BCUT2D eigenvalue weighted by Gasteiger charge is 2.35. The molecule has 1 unspecified atom stereocenters. The van der Waals surface area contributed by atoms with Crippen LogP contribution in [0, 0.1) is 11.6 Å². The summed E-state index contributed by atoms with van der Waals surface area (Å²) in [5, 5.41) is 5.68. The number of anilines is 2. The molecule has 0 fully saturated rings. The average Bonchev–Trinajstić information content (AvgIpc) is 2.74. The second-order valence-corrected chi connectivity index (χ2v) is 8.37. The fourth-order valence-corrected chi connectivity index (χ4v) is 4.13. The highest BCUT2D eigenvalue weighted by atomic mass is 35.5. The van der Waals surface area contributed by atoms with Crippen LogP contribution in [-0.4, -0.2) is 21.8 Å². The summed E-state index contributed by atoms with van der Waals surface area (Å²) in [7, 11) is 0. The van der Waals surface area contributed by atoms with Gasteiger partial charge < -0.3 is 15.6 Å². The van der Waals surface area contributed by atoms with Crippen molar-refractivity contribution in [1.29, 1.82) is 0 Å². The van der Waals surface area contributed by atoms with Crippen LogP contribution in [0.4, 0.5) is 20.3 Å². The van der Waals surface area contributed by atoms with E-state index < -0.39 is 34.9 Å². The van der Waals surface area contributed by atoms with Gasteiger partial charge in [0.25, 0.3) is 5.56 Å². The number of rotatable bonds is 5. The van der Waals surface area contributed by atoms with Gasteiger partial charge in [0, 0.05) is 23.3 Å². The maximum Gasteiger partial charge on any atom is 0.257 e. The van der Waals surface area contributed by atoms with Crippen LogP contribution in [0.3, 0.4) is 0 Å². The minimum Gasteiger partial charge on any atom is -0.323 e. The normalized spacial score (nSPS) is 15.1. The fraction of sp³-hybridized carbons (Fsp3) is 0.143. The quantitative estimate of drug-likeness (QED) is 0.380. The molecule has 1 aliphatic rings. The van der Waals surface area contributed by atoms with Gasteiger partial charge >= 0.3 is 0 Å². The topological polar surface area (TPSA) is 104 Å². The van der Waals surface area contributed by atoms with E-state index in [0.717, 1.165) is 17.7 Å². The number of carbonyl (C=O) groups is 2. The summed E-state index contributed by atoms with van der Waals surface area (Å²) in [6.07, 6.45) is -0.316. The zero-order valence-corrected chi connectivity index (χ0v) is 17.8. The molecule has 0 aliphatic carbocycles. The molecule has 32 heavy (non-hydrogen) atoms. The number of aromatic amines is 1. The summed E-state index contributed by atoms with van der Waals surface area (Å²) in [5.41, 5.74) is 0.0691. The molecule has 11 heteroatoms. The zero-order chi connectivity index (χ0) is 22.8. The van der Waals surface area contributed by atoms with Gasteiger partial charge in [-0.05, 0) is 29.8 Å². The van der Waals surface area contributed by atoms with Crippen LogP contribution in [0.25, 0.3) is 0 Å². The minimum atomic E-state index is -1.19. The van der Waals surface area contributed by atoms with Crippen molar-refractivity contribution < 1.29 is 18.4 Å². The van der Waals surface area contributed by atoms with Crippen LogP contribution in [0.15, 0.2) is 52.4 Å². The van der Waals surface area contributed by atoms with E-state index in [1.807, 2.05) is 12.1 Å². The van der Waals surface area contributed by atoms with Crippen LogP contribution in [0.2, 0.25) is 5.02 Å². The number of thioether (sulfide) groups is 1. The number of aromatic nitrogens is 2. The zero-order valence-electron chi connectivity index (χ0n) is 16.2. The number of carbonyl (C=O) groups excluding carboxylic acids is 2. The fourth-order valence-electron chi connectivity index (χ4n) is 3.19. The smallest absolute Gasteiger partial charge is 0.257 e. The monoisotopic (exact) mass is 476 g/mol. The Morgan fingerprint density at radius 1 is 1.19 bits per heavy atom. The maximum atomic E-state index is 13.9. The van der Waals surface area contributed by atoms with Gasteiger partial charge in [-0.3, -0.25) is 14.4 Å². The predicted molar refractivity (Wildman–Crippen MR) is 117 cm³/mol. The first-order valence-corrected chi connectivity index (χ1v) is 10.7. The van der Waals surface area contributed by atoms with E-state index in [2.05, 4.69) is 20.6 Å². The molecule has 0 bridgehead atoms. The van der Waals surface area contributed by atoms with Crippen molar-refractivity contribution >= 4 is 46.7 Å². The van der Waals surface area contributed by atoms with Crippen molar-refractivity contribution in [1.82, 2.24) is 9.97 Å². The molecule has 2 amide bonds. The molecule has 2 aromatic carbocycles. The Bertz CT molecular complexity index is 1270. The lowest BCUT2D eigenvalue weighted by molar-refractivity contribution is -0.123. The molecule has 164 valence electrons. The molecule has 0 spiro atoms. The number of nitrogens with zero attached hydrogens (tertiary/aromatic N) is 1. The molecule has 2 heterocycles. The first kappa shape index (κ1) is 22.0. The van der Waals surface area contributed by atoms with E-state index in [0.29, 0.717) is 16.8 Å². The molecule has 1 atom stereocenters. The Morgan fingerprint density at radius 2 is 1.94 bits per heavy atom. The van der Waals surface area contributed by atoms with Crippen molar-refractivity contribution in [3.8, 4) is 0 Å². The lowest BCUT2D eigenvalue weighted by atomic mass is 9.92. The Kier molecular flexibility index (Phi) is 6.24. The van der Waals surface area contributed by atoms with E-state index in [4.69, 9.17) is 11.6 Å². The summed E-state index contributed by atoms with van der Waals surface area (Å²) >= 11 is 7.11. The largest absolute Gasteiger partial charge is 0.323 e. The SMILES string of the molecule is O=C1CC(C(=O)Nc2ccc(F)cc2F)c2c(nc(SCc3ccc(Cl)cc3)[nH]c2=O)N1. The number of amides is 2. The van der Waals surface area contributed by atoms with Crippen LogP contribution < -0.4 is 16.2 Å². The maximum absolute atomic E-state index is 13.9. The predicted octanol–water partition coefficient (Wildman–Crippen LogP) is 4.06. The third kappa shape index (κ3) is 4.81. The molecular weight excluding hydrogens is 462 g/mol. The molecule has 4 rings (SSSR count). The Morgan fingerprint density at radius 3 is 2.66 bits per heavy atom. The van der Waals surface area contributed by atoms with Crippen LogP contribution in [0.5, 0.6) is 0 Å². The van der Waals surface area contributed by atoms with Crippen LogP contribution in [-0.2, 0) is 15.3 Å². The minimum absolute atomic E-state index is 0.0247. The molecule has 3 N–H and O–H groups in total. The molecule has 0 saturated carbocycles. The number of hydrogen-bond acceptors (Lipinski definition) is 5. The van der Waals surface area contributed by atoms with Gasteiger partial charge in [0.15, 0.2) is 5.16 Å². The second kappa shape index (κ2) is 9.09. The van der Waals surface area contributed by atoms with Gasteiger partial charge in [0.2, 0.25) is 11.8 Å². The summed E-state index contributed by atoms with van der Waals surface area (Å²) in [4.78, 5) is 44.5. The number of hydrogen-bond donors (Lipinski definition) is 3.